The molecule has 15 aromatic rings. The van der Waals surface area contributed by atoms with Crippen molar-refractivity contribution in [1.82, 2.24) is 19.5 Å². The molecule has 0 aliphatic rings. The summed E-state index contributed by atoms with van der Waals surface area (Å²) < 4.78 is 21.8. The highest BCUT2D eigenvalue weighted by atomic mass is 16.3. The number of fused-ring (bicyclic) bond motifs is 15. The summed E-state index contributed by atoms with van der Waals surface area (Å²) in [7, 11) is 0. The van der Waals surface area contributed by atoms with E-state index < -0.39 is 0 Å². The van der Waals surface area contributed by atoms with Crippen LogP contribution in [0.3, 0.4) is 0 Å². The molecule has 0 bridgehead atoms. The molecule has 66 heavy (non-hydrogen) atoms. The molecule has 0 spiro atoms. The first-order valence-electron chi connectivity index (χ1n) is 22.1. The van der Waals surface area contributed by atoms with E-state index in [1.54, 1.807) is 0 Å². The number of aromatic nitrogens is 4. The van der Waals surface area contributed by atoms with E-state index in [0.29, 0.717) is 17.5 Å². The van der Waals surface area contributed by atoms with Crippen molar-refractivity contribution >= 4 is 109 Å². The van der Waals surface area contributed by atoms with Gasteiger partial charge < -0.3 is 17.8 Å². The summed E-state index contributed by atoms with van der Waals surface area (Å²) in [6, 6.07) is 67.6. The van der Waals surface area contributed by atoms with Gasteiger partial charge in [-0.25, -0.2) is 15.0 Å². The molecule has 10 aromatic carbocycles. The molecule has 15 rings (SSSR count). The molecular weight excluding hydrogens is 813 g/mol. The second kappa shape index (κ2) is 13.2. The smallest absolute Gasteiger partial charge is 0.164 e. The molecule has 0 N–H and O–H groups in total. The van der Waals surface area contributed by atoms with Crippen LogP contribution in [-0.4, -0.2) is 19.5 Å². The largest absolute Gasteiger partial charge is 0.456 e. The Labute approximate surface area is 374 Å². The van der Waals surface area contributed by atoms with Gasteiger partial charge in [0.25, 0.3) is 0 Å². The Balaban J connectivity index is 1.05. The molecule has 0 atom stereocenters. The molecule has 5 heterocycles. The van der Waals surface area contributed by atoms with Gasteiger partial charge >= 0.3 is 0 Å². The minimum absolute atomic E-state index is 0.518. The zero-order chi connectivity index (χ0) is 43.0. The van der Waals surface area contributed by atoms with Crippen LogP contribution >= 0.6 is 0 Å². The highest BCUT2D eigenvalue weighted by Crippen LogP contribution is 2.44. The Morgan fingerprint density at radius 1 is 0.303 bits per heavy atom. The maximum atomic E-state index is 6.82. The molecule has 0 aliphatic carbocycles. The number of rotatable bonds is 4. The lowest BCUT2D eigenvalue weighted by molar-refractivity contribution is 0.668. The van der Waals surface area contributed by atoms with Gasteiger partial charge in [0.2, 0.25) is 0 Å². The van der Waals surface area contributed by atoms with Gasteiger partial charge in [-0.1, -0.05) is 115 Å². The Bertz CT molecular complexity index is 4420. The topological polar surface area (TPSA) is 83.0 Å². The summed E-state index contributed by atoms with van der Waals surface area (Å²) in [6.45, 7) is 0. The van der Waals surface area contributed by atoms with Crippen LogP contribution in [0.2, 0.25) is 0 Å². The lowest BCUT2D eigenvalue weighted by atomic mass is 10.0. The van der Waals surface area contributed by atoms with Gasteiger partial charge in [0, 0.05) is 59.8 Å². The molecule has 0 radical (unpaired) electrons. The Morgan fingerprint density at radius 2 is 0.803 bits per heavy atom. The number of furan rings is 3. The van der Waals surface area contributed by atoms with Crippen molar-refractivity contribution in [2.24, 2.45) is 0 Å². The van der Waals surface area contributed by atoms with Crippen LogP contribution in [0.5, 0.6) is 0 Å². The summed E-state index contributed by atoms with van der Waals surface area (Å²) in [5, 5.41) is 13.1. The van der Waals surface area contributed by atoms with Crippen LogP contribution in [-0.2, 0) is 0 Å². The zero-order valence-corrected chi connectivity index (χ0v) is 35.0. The molecule has 0 fully saturated rings. The fourth-order valence-corrected chi connectivity index (χ4v) is 10.3. The van der Waals surface area contributed by atoms with Gasteiger partial charge in [-0.3, -0.25) is 0 Å². The first-order chi connectivity index (χ1) is 32.7. The summed E-state index contributed by atoms with van der Waals surface area (Å²) >= 11 is 0. The molecule has 0 saturated heterocycles. The lowest BCUT2D eigenvalue weighted by Crippen LogP contribution is -2.02. The predicted octanol–water partition coefficient (Wildman–Crippen LogP) is 16.0. The Kier molecular flexibility index (Phi) is 7.10. The fourth-order valence-electron chi connectivity index (χ4n) is 10.3. The van der Waals surface area contributed by atoms with Crippen LogP contribution in [0.25, 0.3) is 149 Å². The quantitative estimate of drug-likeness (QED) is 0.175. The molecule has 0 saturated carbocycles. The van der Waals surface area contributed by atoms with Crippen LogP contribution in [0.4, 0.5) is 0 Å². The van der Waals surface area contributed by atoms with E-state index in [1.165, 1.54) is 26.9 Å². The van der Waals surface area contributed by atoms with E-state index in [-0.39, 0.29) is 0 Å². The number of benzene rings is 10. The normalized spacial score (nSPS) is 12.2. The second-order valence-electron chi connectivity index (χ2n) is 17.1. The summed E-state index contributed by atoms with van der Waals surface area (Å²) in [4.78, 5) is 15.9. The molecule has 0 aliphatic heterocycles. The highest BCUT2D eigenvalue weighted by Gasteiger charge is 2.23. The maximum absolute atomic E-state index is 6.82. The lowest BCUT2D eigenvalue weighted by Gasteiger charge is -2.14. The van der Waals surface area contributed by atoms with Gasteiger partial charge in [0.05, 0.1) is 22.1 Å². The summed E-state index contributed by atoms with van der Waals surface area (Å²) in [5.41, 5.74) is 10.5. The number of hydrogen-bond acceptors (Lipinski definition) is 6. The average molecular weight is 845 g/mol. The number of para-hydroxylation sites is 3. The summed E-state index contributed by atoms with van der Waals surface area (Å²) in [5.74, 6) is 1.60. The average Bonchev–Trinajstić information content (AvgIpc) is 4.14. The van der Waals surface area contributed by atoms with Gasteiger partial charge in [0.15, 0.2) is 17.5 Å². The van der Waals surface area contributed by atoms with Crippen molar-refractivity contribution in [2.45, 2.75) is 0 Å². The SMILES string of the molecule is c1ccc2cc3c(cc2c1)c1ccc2ccccc2c1n3-c1cc(-c2nc(-c3ccc4oc5ccccc5c4c3)nc(-c3ccc4oc5ccccc5c4c3)n2)cc2oc3ccccc3c12. The molecule has 5 aromatic heterocycles. The monoisotopic (exact) mass is 844 g/mol. The van der Waals surface area contributed by atoms with Crippen molar-refractivity contribution in [3.63, 3.8) is 0 Å². The summed E-state index contributed by atoms with van der Waals surface area (Å²) in [6.07, 6.45) is 0. The number of hydrogen-bond donors (Lipinski definition) is 0. The van der Waals surface area contributed by atoms with E-state index in [2.05, 4.69) is 126 Å². The molecular formula is C59H32N4O3. The van der Waals surface area contributed by atoms with E-state index in [4.69, 9.17) is 28.2 Å². The first kappa shape index (κ1) is 35.4. The van der Waals surface area contributed by atoms with Crippen LogP contribution in [0, 0.1) is 0 Å². The minimum atomic E-state index is 0.518. The standard InChI is InChI=1S/C59H32N4O3/c1-2-13-35-30-47-44(27-34(35)12-1)42-24-21-33-11-3-4-14-39(33)56(42)63(47)48-31-38(32-54-55(48)43-17-7-10-20-51(43)66-54)59-61-57(36-22-25-52-45(28-36)40-15-5-8-18-49(40)64-52)60-58(62-59)37-23-26-53-46(29-37)41-16-6-9-19-50(41)65-53/h1-32H. The Morgan fingerprint density at radius 3 is 1.45 bits per heavy atom. The van der Waals surface area contributed by atoms with Crippen LogP contribution in [0.15, 0.2) is 207 Å². The van der Waals surface area contributed by atoms with Crippen LogP contribution in [0.1, 0.15) is 0 Å². The van der Waals surface area contributed by atoms with Crippen molar-refractivity contribution in [2.75, 3.05) is 0 Å². The first-order valence-corrected chi connectivity index (χ1v) is 22.1. The molecule has 7 nitrogen and oxygen atoms in total. The van der Waals surface area contributed by atoms with E-state index in [9.17, 15) is 0 Å². The van der Waals surface area contributed by atoms with Gasteiger partial charge in [0.1, 0.15) is 33.5 Å². The molecule has 0 amide bonds. The second-order valence-corrected chi connectivity index (χ2v) is 17.1. The zero-order valence-electron chi connectivity index (χ0n) is 35.0. The predicted molar refractivity (Wildman–Crippen MR) is 267 cm³/mol. The number of nitrogens with zero attached hydrogens (tertiary/aromatic N) is 4. The maximum Gasteiger partial charge on any atom is 0.164 e. The third kappa shape index (κ3) is 5.10. The van der Waals surface area contributed by atoms with Crippen molar-refractivity contribution < 1.29 is 13.3 Å². The van der Waals surface area contributed by atoms with Gasteiger partial charge in [-0.2, -0.15) is 0 Å². The van der Waals surface area contributed by atoms with E-state index in [0.717, 1.165) is 105 Å². The van der Waals surface area contributed by atoms with Gasteiger partial charge in [-0.15, -0.1) is 0 Å². The van der Waals surface area contributed by atoms with E-state index >= 15 is 0 Å². The van der Waals surface area contributed by atoms with Crippen molar-refractivity contribution in [3.8, 4) is 39.9 Å². The Hall–Kier alpha value is -9.07. The van der Waals surface area contributed by atoms with Crippen molar-refractivity contribution in [1.29, 1.82) is 0 Å². The molecule has 306 valence electrons. The van der Waals surface area contributed by atoms with Crippen molar-refractivity contribution in [3.05, 3.63) is 194 Å². The highest BCUT2D eigenvalue weighted by molar-refractivity contribution is 6.22. The molecule has 7 heteroatoms. The van der Waals surface area contributed by atoms with Crippen LogP contribution < -0.4 is 0 Å². The third-order valence-electron chi connectivity index (χ3n) is 13.4. The molecule has 0 unspecified atom stereocenters. The van der Waals surface area contributed by atoms with Gasteiger partial charge in [-0.05, 0) is 95.0 Å². The van der Waals surface area contributed by atoms with E-state index in [1.807, 2.05) is 72.8 Å². The third-order valence-corrected chi connectivity index (χ3v) is 13.4. The minimum Gasteiger partial charge on any atom is -0.456 e. The fraction of sp³-hybridized carbons (Fsp3) is 0.